The Hall–Kier alpha value is -2.04. The second-order valence-electron chi connectivity index (χ2n) is 6.53. The Labute approximate surface area is 136 Å². The molecule has 2 aliphatic rings. The highest BCUT2D eigenvalue weighted by Crippen LogP contribution is 2.48. The van der Waals surface area contributed by atoms with E-state index < -0.39 is 0 Å². The van der Waals surface area contributed by atoms with Gasteiger partial charge >= 0.3 is 12.1 Å². The first-order valence-electron chi connectivity index (χ1n) is 8.24. The van der Waals surface area contributed by atoms with Crippen molar-refractivity contribution in [2.24, 2.45) is 17.8 Å². The molecule has 1 amide bonds. The average molecular weight is 317 g/mol. The summed E-state index contributed by atoms with van der Waals surface area (Å²) in [6.45, 7) is 2.08. The van der Waals surface area contributed by atoms with Gasteiger partial charge in [0.05, 0.1) is 6.61 Å². The van der Waals surface area contributed by atoms with Crippen LogP contribution >= 0.6 is 0 Å². The molecule has 4 atom stereocenters. The second-order valence-corrected chi connectivity index (χ2v) is 6.53. The molecule has 1 aromatic rings. The monoisotopic (exact) mass is 317 g/mol. The molecular formula is C18H23NO4. The molecule has 2 fully saturated rings. The summed E-state index contributed by atoms with van der Waals surface area (Å²) in [4.78, 5) is 23.2. The number of benzene rings is 1. The molecule has 0 spiro atoms. The standard InChI is InChI=1S/C18H23NO4/c1-12(20)22-11-16-14-7-8-15(9-14)17(16)19-18(21)23-10-13-5-3-2-4-6-13/h2-6,14-17H,7-11H2,1H3,(H,19,21)/t14-,15+,16+,17-/m0/s1. The molecule has 0 aromatic heterocycles. The van der Waals surface area contributed by atoms with Gasteiger partial charge in [-0.1, -0.05) is 30.3 Å². The third-order valence-corrected chi connectivity index (χ3v) is 5.06. The topological polar surface area (TPSA) is 64.6 Å². The highest BCUT2D eigenvalue weighted by Gasteiger charge is 2.48. The predicted octanol–water partition coefficient (Wildman–Crippen LogP) is 2.89. The van der Waals surface area contributed by atoms with E-state index in [2.05, 4.69) is 5.32 Å². The Balaban J connectivity index is 1.52. The molecule has 0 radical (unpaired) electrons. The number of hydrogen-bond acceptors (Lipinski definition) is 4. The van der Waals surface area contributed by atoms with Crippen molar-refractivity contribution in [3.63, 3.8) is 0 Å². The number of hydrogen-bond donors (Lipinski definition) is 1. The Bertz CT molecular complexity index is 559. The van der Waals surface area contributed by atoms with Crippen LogP contribution in [0.15, 0.2) is 30.3 Å². The Morgan fingerprint density at radius 3 is 2.61 bits per heavy atom. The van der Waals surface area contributed by atoms with Crippen LogP contribution in [0.4, 0.5) is 4.79 Å². The number of fused-ring (bicyclic) bond motifs is 2. The van der Waals surface area contributed by atoms with E-state index in [1.165, 1.54) is 6.92 Å². The lowest BCUT2D eigenvalue weighted by atomic mass is 9.85. The van der Waals surface area contributed by atoms with Gasteiger partial charge in [-0.05, 0) is 36.7 Å². The summed E-state index contributed by atoms with van der Waals surface area (Å²) in [5.41, 5.74) is 0.965. The zero-order valence-corrected chi connectivity index (χ0v) is 13.4. The number of esters is 1. The van der Waals surface area contributed by atoms with Gasteiger partial charge in [-0.2, -0.15) is 0 Å². The lowest BCUT2D eigenvalue weighted by molar-refractivity contribution is -0.143. The summed E-state index contributed by atoms with van der Waals surface area (Å²) in [6.07, 6.45) is 3.01. The van der Waals surface area contributed by atoms with Gasteiger partial charge in [-0.3, -0.25) is 4.79 Å². The fraction of sp³-hybridized carbons (Fsp3) is 0.556. The fourth-order valence-corrected chi connectivity index (χ4v) is 3.99. The maximum Gasteiger partial charge on any atom is 0.407 e. The molecule has 0 heterocycles. The molecule has 2 aliphatic carbocycles. The van der Waals surface area contributed by atoms with Gasteiger partial charge in [0, 0.05) is 18.9 Å². The zero-order valence-electron chi connectivity index (χ0n) is 13.4. The number of carbonyl (C=O) groups is 2. The fourth-order valence-electron chi connectivity index (χ4n) is 3.99. The van der Waals surface area contributed by atoms with Crippen molar-refractivity contribution in [2.45, 2.75) is 38.8 Å². The molecule has 0 unspecified atom stereocenters. The van der Waals surface area contributed by atoms with Crippen LogP contribution in [0.25, 0.3) is 0 Å². The van der Waals surface area contributed by atoms with Crippen LogP contribution < -0.4 is 5.32 Å². The summed E-state index contributed by atoms with van der Waals surface area (Å²) in [5, 5.41) is 3.00. The molecule has 0 saturated heterocycles. The summed E-state index contributed by atoms with van der Waals surface area (Å²) in [6, 6.07) is 9.67. The van der Waals surface area contributed by atoms with Crippen molar-refractivity contribution in [1.29, 1.82) is 0 Å². The van der Waals surface area contributed by atoms with Crippen molar-refractivity contribution >= 4 is 12.1 Å². The van der Waals surface area contributed by atoms with Gasteiger partial charge < -0.3 is 14.8 Å². The first-order chi connectivity index (χ1) is 11.1. The molecule has 0 aliphatic heterocycles. The van der Waals surface area contributed by atoms with E-state index in [-0.39, 0.29) is 30.6 Å². The Kier molecular flexibility index (Phi) is 4.84. The minimum absolute atomic E-state index is 0.0522. The number of nitrogens with one attached hydrogen (secondary N) is 1. The normalized spacial score (nSPS) is 28.4. The average Bonchev–Trinajstić information content (AvgIpc) is 3.14. The zero-order chi connectivity index (χ0) is 16.2. The van der Waals surface area contributed by atoms with Crippen molar-refractivity contribution in [3.05, 3.63) is 35.9 Å². The first-order valence-corrected chi connectivity index (χ1v) is 8.24. The van der Waals surface area contributed by atoms with Crippen LogP contribution in [0.1, 0.15) is 31.7 Å². The largest absolute Gasteiger partial charge is 0.465 e. The molecule has 1 aromatic carbocycles. The van der Waals surface area contributed by atoms with Gasteiger partial charge in [0.15, 0.2) is 0 Å². The SMILES string of the molecule is CC(=O)OC[C@@H]1[C@H]2CC[C@H](C2)[C@@H]1NC(=O)OCc1ccccc1. The number of carbonyl (C=O) groups excluding carboxylic acids is 2. The van der Waals surface area contributed by atoms with E-state index in [4.69, 9.17) is 9.47 Å². The van der Waals surface area contributed by atoms with E-state index in [1.807, 2.05) is 30.3 Å². The third kappa shape index (κ3) is 3.84. The molecular weight excluding hydrogens is 294 g/mol. The van der Waals surface area contributed by atoms with Crippen molar-refractivity contribution in [1.82, 2.24) is 5.32 Å². The minimum atomic E-state index is -0.390. The van der Waals surface area contributed by atoms with Crippen LogP contribution in [-0.4, -0.2) is 24.7 Å². The van der Waals surface area contributed by atoms with Crippen LogP contribution in [0.3, 0.4) is 0 Å². The van der Waals surface area contributed by atoms with Crippen molar-refractivity contribution in [3.8, 4) is 0 Å². The number of amides is 1. The highest BCUT2D eigenvalue weighted by molar-refractivity contribution is 5.68. The molecule has 5 heteroatoms. The maximum absolute atomic E-state index is 12.1. The predicted molar refractivity (Wildman–Crippen MR) is 84.5 cm³/mol. The van der Waals surface area contributed by atoms with E-state index in [0.29, 0.717) is 18.4 Å². The first kappa shape index (κ1) is 15.8. The van der Waals surface area contributed by atoms with Crippen LogP contribution in [0.5, 0.6) is 0 Å². The lowest BCUT2D eigenvalue weighted by Gasteiger charge is -2.30. The Morgan fingerprint density at radius 2 is 1.87 bits per heavy atom. The molecule has 2 saturated carbocycles. The van der Waals surface area contributed by atoms with Crippen molar-refractivity contribution in [2.75, 3.05) is 6.61 Å². The van der Waals surface area contributed by atoms with Gasteiger partial charge in [0.25, 0.3) is 0 Å². The van der Waals surface area contributed by atoms with E-state index >= 15 is 0 Å². The summed E-state index contributed by atoms with van der Waals surface area (Å²) in [7, 11) is 0. The minimum Gasteiger partial charge on any atom is -0.465 e. The second kappa shape index (κ2) is 7.02. The smallest absolute Gasteiger partial charge is 0.407 e. The van der Waals surface area contributed by atoms with E-state index in [1.54, 1.807) is 0 Å². The molecule has 124 valence electrons. The van der Waals surface area contributed by atoms with Gasteiger partial charge in [0.2, 0.25) is 0 Å². The van der Waals surface area contributed by atoms with Gasteiger partial charge in [-0.15, -0.1) is 0 Å². The quantitative estimate of drug-likeness (QED) is 0.848. The van der Waals surface area contributed by atoms with Crippen LogP contribution in [0.2, 0.25) is 0 Å². The number of alkyl carbamates (subject to hydrolysis) is 1. The molecule has 5 nitrogen and oxygen atoms in total. The highest BCUT2D eigenvalue weighted by atomic mass is 16.5. The third-order valence-electron chi connectivity index (χ3n) is 5.06. The van der Waals surface area contributed by atoms with Gasteiger partial charge in [0.1, 0.15) is 6.61 Å². The molecule has 1 N–H and O–H groups in total. The van der Waals surface area contributed by atoms with Crippen LogP contribution in [-0.2, 0) is 20.9 Å². The van der Waals surface area contributed by atoms with Gasteiger partial charge in [-0.25, -0.2) is 4.79 Å². The summed E-state index contributed by atoms with van der Waals surface area (Å²) < 4.78 is 10.5. The van der Waals surface area contributed by atoms with Crippen LogP contribution in [0, 0.1) is 17.8 Å². The lowest BCUT2D eigenvalue weighted by Crippen LogP contribution is -2.45. The number of ether oxygens (including phenoxy) is 2. The Morgan fingerprint density at radius 1 is 1.13 bits per heavy atom. The summed E-state index contributed by atoms with van der Waals surface area (Å²) >= 11 is 0. The molecule has 3 rings (SSSR count). The van der Waals surface area contributed by atoms with Crippen molar-refractivity contribution < 1.29 is 19.1 Å². The summed E-state index contributed by atoms with van der Waals surface area (Å²) in [5.74, 6) is 0.962. The maximum atomic E-state index is 12.1. The van der Waals surface area contributed by atoms with E-state index in [9.17, 15) is 9.59 Å². The molecule has 23 heavy (non-hydrogen) atoms. The van der Waals surface area contributed by atoms with E-state index in [0.717, 1.165) is 24.8 Å². The number of rotatable bonds is 5. The molecule has 2 bridgehead atoms.